The van der Waals surface area contributed by atoms with Gasteiger partial charge in [-0.25, -0.2) is 0 Å². The fourth-order valence-electron chi connectivity index (χ4n) is 3.50. The van der Waals surface area contributed by atoms with Crippen LogP contribution >= 0.6 is 11.6 Å². The molecule has 5 atom stereocenters. The number of aliphatic carboxylic acids is 1. The Morgan fingerprint density at radius 3 is 2.79 bits per heavy atom. The lowest BCUT2D eigenvalue weighted by atomic mass is 9.89. The largest absolute Gasteiger partial charge is 0.491 e. The lowest BCUT2D eigenvalue weighted by Crippen LogP contribution is -2.21. The van der Waals surface area contributed by atoms with E-state index in [9.17, 15) is 20.1 Å². The van der Waals surface area contributed by atoms with Crippen LogP contribution in [0, 0.1) is 11.8 Å². The van der Waals surface area contributed by atoms with Crippen molar-refractivity contribution in [3.05, 3.63) is 53.6 Å². The van der Waals surface area contributed by atoms with Crippen LogP contribution in [0.5, 0.6) is 5.75 Å². The lowest BCUT2D eigenvalue weighted by molar-refractivity contribution is -0.137. The third kappa shape index (κ3) is 8.19. The molecule has 0 amide bonds. The van der Waals surface area contributed by atoms with Gasteiger partial charge >= 0.3 is 5.97 Å². The van der Waals surface area contributed by atoms with Gasteiger partial charge in [-0.15, -0.1) is 0 Å². The highest BCUT2D eigenvalue weighted by Crippen LogP contribution is 2.36. The number of aliphatic hydroxyl groups excluding tert-OH is 3. The zero-order chi connectivity index (χ0) is 21.2. The highest BCUT2D eigenvalue weighted by atomic mass is 35.5. The summed E-state index contributed by atoms with van der Waals surface area (Å²) in [6.45, 7) is 0.0519. The van der Waals surface area contributed by atoms with Crippen molar-refractivity contribution in [1.29, 1.82) is 0 Å². The molecule has 6 nitrogen and oxygen atoms in total. The van der Waals surface area contributed by atoms with Crippen molar-refractivity contribution in [3.8, 4) is 5.75 Å². The van der Waals surface area contributed by atoms with Gasteiger partial charge in [0.1, 0.15) is 18.5 Å². The second kappa shape index (κ2) is 12.0. The molecule has 29 heavy (non-hydrogen) atoms. The molecule has 3 unspecified atom stereocenters. The van der Waals surface area contributed by atoms with Crippen LogP contribution in [0.3, 0.4) is 0 Å². The first kappa shape index (κ1) is 23.4. The Hall–Kier alpha value is -1.86. The van der Waals surface area contributed by atoms with E-state index < -0.39 is 24.3 Å². The zero-order valence-corrected chi connectivity index (χ0v) is 17.0. The van der Waals surface area contributed by atoms with Crippen LogP contribution in [0.2, 0.25) is 5.02 Å². The number of hydrogen-bond donors (Lipinski definition) is 4. The van der Waals surface area contributed by atoms with Crippen molar-refractivity contribution < 1.29 is 30.0 Å². The van der Waals surface area contributed by atoms with E-state index in [0.717, 1.165) is 0 Å². The van der Waals surface area contributed by atoms with E-state index >= 15 is 0 Å². The molecule has 1 aliphatic rings. The van der Waals surface area contributed by atoms with Crippen molar-refractivity contribution in [1.82, 2.24) is 0 Å². The smallest absolute Gasteiger partial charge is 0.303 e. The number of benzene rings is 1. The van der Waals surface area contributed by atoms with Crippen LogP contribution in [0.25, 0.3) is 0 Å². The van der Waals surface area contributed by atoms with Crippen LogP contribution in [0.15, 0.2) is 48.6 Å². The number of ether oxygens (including phenoxy) is 1. The number of halogens is 1. The maximum absolute atomic E-state index is 10.5. The lowest BCUT2D eigenvalue weighted by Gasteiger charge is -2.19. The monoisotopic (exact) mass is 424 g/mol. The van der Waals surface area contributed by atoms with Gasteiger partial charge in [0.2, 0.25) is 0 Å². The minimum atomic E-state index is -0.855. The summed E-state index contributed by atoms with van der Waals surface area (Å²) in [6.07, 6.45) is 7.26. The summed E-state index contributed by atoms with van der Waals surface area (Å²) in [4.78, 5) is 10.5. The van der Waals surface area contributed by atoms with Gasteiger partial charge in [-0.2, -0.15) is 0 Å². The minimum Gasteiger partial charge on any atom is -0.491 e. The van der Waals surface area contributed by atoms with Gasteiger partial charge in [-0.05, 0) is 43.4 Å². The summed E-state index contributed by atoms with van der Waals surface area (Å²) in [7, 11) is 0. The molecule has 1 aliphatic carbocycles. The van der Waals surface area contributed by atoms with Crippen LogP contribution in [0.4, 0.5) is 0 Å². The van der Waals surface area contributed by atoms with Crippen molar-refractivity contribution in [2.75, 3.05) is 6.61 Å². The second-order valence-corrected chi connectivity index (χ2v) is 7.76. The molecule has 0 aliphatic heterocycles. The quantitative estimate of drug-likeness (QED) is 0.321. The van der Waals surface area contributed by atoms with E-state index in [4.69, 9.17) is 21.4 Å². The molecule has 160 valence electrons. The summed E-state index contributed by atoms with van der Waals surface area (Å²) >= 11 is 5.90. The van der Waals surface area contributed by atoms with Crippen molar-refractivity contribution in [2.24, 2.45) is 11.8 Å². The van der Waals surface area contributed by atoms with E-state index in [1.807, 2.05) is 12.2 Å². The third-order valence-electron chi connectivity index (χ3n) is 5.02. The molecule has 0 saturated heterocycles. The SMILES string of the molecule is O=C(O)CCC/C=C\C[C@H]1C(O)CC(O)[C@@H]1/C=C/C(O)COc1cccc(Cl)c1. The van der Waals surface area contributed by atoms with Gasteiger partial charge in [0.25, 0.3) is 0 Å². The number of aliphatic hydroxyl groups is 3. The Labute approximate surface area is 176 Å². The molecule has 0 aromatic heterocycles. The van der Waals surface area contributed by atoms with Crippen LogP contribution in [-0.4, -0.2) is 51.3 Å². The first-order valence-corrected chi connectivity index (χ1v) is 10.2. The second-order valence-electron chi connectivity index (χ2n) is 7.33. The topological polar surface area (TPSA) is 107 Å². The Morgan fingerprint density at radius 1 is 1.28 bits per heavy atom. The van der Waals surface area contributed by atoms with Crippen molar-refractivity contribution in [3.63, 3.8) is 0 Å². The van der Waals surface area contributed by atoms with E-state index in [1.165, 1.54) is 0 Å². The number of rotatable bonds is 11. The van der Waals surface area contributed by atoms with Gasteiger partial charge in [-0.1, -0.05) is 42.0 Å². The molecular weight excluding hydrogens is 396 g/mol. The molecular formula is C22H29ClO6. The van der Waals surface area contributed by atoms with Crippen molar-refractivity contribution >= 4 is 17.6 Å². The van der Waals surface area contributed by atoms with Gasteiger partial charge < -0.3 is 25.2 Å². The molecule has 4 N–H and O–H groups in total. The van der Waals surface area contributed by atoms with Gasteiger partial charge in [-0.3, -0.25) is 4.79 Å². The molecule has 7 heteroatoms. The maximum atomic E-state index is 10.5. The Bertz CT molecular complexity index is 704. The summed E-state index contributed by atoms with van der Waals surface area (Å²) < 4.78 is 5.51. The van der Waals surface area contributed by atoms with E-state index in [2.05, 4.69) is 0 Å². The molecule has 1 saturated carbocycles. The van der Waals surface area contributed by atoms with Crippen molar-refractivity contribution in [2.45, 2.75) is 50.4 Å². The number of carbonyl (C=O) groups is 1. The van der Waals surface area contributed by atoms with E-state index in [-0.39, 0.29) is 24.9 Å². The normalized spacial score (nSPS) is 25.7. The average molecular weight is 425 g/mol. The van der Waals surface area contributed by atoms with Gasteiger partial charge in [0.05, 0.1) is 12.2 Å². The van der Waals surface area contributed by atoms with Crippen LogP contribution < -0.4 is 4.74 Å². The zero-order valence-electron chi connectivity index (χ0n) is 16.2. The molecule has 1 aromatic carbocycles. The number of hydrogen-bond acceptors (Lipinski definition) is 5. The summed E-state index contributed by atoms with van der Waals surface area (Å²) in [5, 5.41) is 39.8. The summed E-state index contributed by atoms with van der Waals surface area (Å²) in [5.41, 5.74) is 0. The average Bonchev–Trinajstić information content (AvgIpc) is 2.93. The summed E-state index contributed by atoms with van der Waals surface area (Å²) in [5.74, 6) is -0.671. The maximum Gasteiger partial charge on any atom is 0.303 e. The van der Waals surface area contributed by atoms with Crippen LogP contribution in [0.1, 0.15) is 32.1 Å². The Kier molecular flexibility index (Phi) is 9.67. The number of allylic oxidation sites excluding steroid dienone is 2. The number of unbranched alkanes of at least 4 members (excludes halogenated alkanes) is 1. The van der Waals surface area contributed by atoms with E-state index in [0.29, 0.717) is 36.5 Å². The molecule has 0 heterocycles. The molecule has 1 aromatic rings. The molecule has 1 fully saturated rings. The Balaban J connectivity index is 1.83. The molecule has 0 spiro atoms. The molecule has 2 rings (SSSR count). The number of carboxylic acids is 1. The highest BCUT2D eigenvalue weighted by molar-refractivity contribution is 6.30. The fraction of sp³-hybridized carbons (Fsp3) is 0.500. The predicted molar refractivity (Wildman–Crippen MR) is 111 cm³/mol. The minimum absolute atomic E-state index is 0.0519. The van der Waals surface area contributed by atoms with Gasteiger partial charge in [0.15, 0.2) is 0 Å². The Morgan fingerprint density at radius 2 is 2.07 bits per heavy atom. The number of carboxylic acid groups (broad SMARTS) is 1. The fourth-order valence-corrected chi connectivity index (χ4v) is 3.68. The first-order valence-electron chi connectivity index (χ1n) is 9.84. The first-order chi connectivity index (χ1) is 13.9. The van der Waals surface area contributed by atoms with Crippen LogP contribution in [-0.2, 0) is 4.79 Å². The highest BCUT2D eigenvalue weighted by Gasteiger charge is 2.39. The molecule has 0 radical (unpaired) electrons. The van der Waals surface area contributed by atoms with Gasteiger partial charge in [0, 0.05) is 23.8 Å². The van der Waals surface area contributed by atoms with E-state index in [1.54, 1.807) is 36.4 Å². The molecule has 0 bridgehead atoms. The predicted octanol–water partition coefficient (Wildman–Crippen LogP) is 3.20. The third-order valence-corrected chi connectivity index (χ3v) is 5.26. The standard InChI is InChI=1S/C22H29ClO6/c23-15-6-5-7-17(12-15)29-14-16(24)10-11-19-18(20(25)13-21(19)26)8-3-1-2-4-9-22(27)28/h1,3,5-7,10-12,16,18-21,24-26H,2,4,8-9,13-14H2,(H,27,28)/b3-1-,11-10+/t16?,18-,19-,20?,21?/m1/s1. The summed E-state index contributed by atoms with van der Waals surface area (Å²) in [6, 6.07) is 6.90.